The molecule has 0 aliphatic heterocycles. The van der Waals surface area contributed by atoms with E-state index in [0.29, 0.717) is 25.7 Å². The number of benzene rings is 1. The summed E-state index contributed by atoms with van der Waals surface area (Å²) in [5.41, 5.74) is 5.01. The highest BCUT2D eigenvalue weighted by molar-refractivity contribution is 7.89. The van der Waals surface area contributed by atoms with Crippen LogP contribution in [0.2, 0.25) is 5.02 Å². The lowest BCUT2D eigenvalue weighted by Crippen LogP contribution is -2.38. The third-order valence-electron chi connectivity index (χ3n) is 3.96. The molecule has 0 heterocycles. The number of hydrogen-bond donors (Lipinski definition) is 3. The van der Waals surface area contributed by atoms with E-state index in [-0.39, 0.29) is 21.7 Å². The number of aliphatic carboxylic acids is 1. The van der Waals surface area contributed by atoms with Gasteiger partial charge in [0.25, 0.3) is 5.91 Å². The zero-order chi connectivity index (χ0) is 18.6. The number of carbonyl (C=O) groups is 2. The van der Waals surface area contributed by atoms with Crippen molar-refractivity contribution >= 4 is 33.5 Å². The fraction of sp³-hybridized carbons (Fsp3) is 0.467. The molecule has 0 saturated heterocycles. The highest BCUT2D eigenvalue weighted by atomic mass is 35.5. The van der Waals surface area contributed by atoms with Crippen LogP contribution >= 0.6 is 11.6 Å². The molecular weight excluding hydrogens is 372 g/mol. The molecule has 1 saturated carbocycles. The molecule has 0 unspecified atom stereocenters. The number of ether oxygens (including phenoxy) is 1. The van der Waals surface area contributed by atoms with Crippen LogP contribution in [-0.4, -0.2) is 38.0 Å². The lowest BCUT2D eigenvalue weighted by molar-refractivity contribution is -0.142. The lowest BCUT2D eigenvalue weighted by Gasteiger charge is -2.26. The quantitative estimate of drug-likeness (QED) is 0.638. The summed E-state index contributed by atoms with van der Waals surface area (Å²) in [5, 5.41) is 9.19. The number of sulfonamides is 1. The lowest BCUT2D eigenvalue weighted by atomic mass is 9.87. The molecule has 2 rings (SSSR count). The van der Waals surface area contributed by atoms with Crippen molar-refractivity contribution in [3.8, 4) is 5.75 Å². The minimum Gasteiger partial charge on any atom is -0.482 e. The number of carboxylic acid groups (broad SMARTS) is 1. The van der Waals surface area contributed by atoms with Gasteiger partial charge in [-0.05, 0) is 43.9 Å². The molecule has 0 atom stereocenters. The molecule has 1 aromatic rings. The van der Waals surface area contributed by atoms with Crippen molar-refractivity contribution in [3.63, 3.8) is 0 Å². The van der Waals surface area contributed by atoms with Crippen LogP contribution in [0.1, 0.15) is 25.7 Å². The average Bonchev–Trinajstić information content (AvgIpc) is 2.53. The maximum atomic E-state index is 12.7. The topological polar surface area (TPSA) is 136 Å². The van der Waals surface area contributed by atoms with Gasteiger partial charge in [-0.15, -0.1) is 0 Å². The van der Waals surface area contributed by atoms with Gasteiger partial charge in [0.1, 0.15) is 10.6 Å². The van der Waals surface area contributed by atoms with Crippen LogP contribution in [0, 0.1) is 5.92 Å². The summed E-state index contributed by atoms with van der Waals surface area (Å²) in [4.78, 5) is 21.6. The predicted molar refractivity (Wildman–Crippen MR) is 89.8 cm³/mol. The van der Waals surface area contributed by atoms with Crippen molar-refractivity contribution in [2.45, 2.75) is 36.6 Å². The standard InChI is InChI=1S/C15H19ClN2O6S/c16-10-3-6-12(24-8-14(17)19)13(7-10)25(22,23)18-11-4-1-9(2-5-11)15(20)21/h3,6-7,9,11,18H,1-2,4-5,8H2,(H2,17,19)(H,20,21). The van der Waals surface area contributed by atoms with E-state index in [9.17, 15) is 18.0 Å². The Kier molecular flexibility index (Phi) is 6.26. The number of rotatable bonds is 7. The number of hydrogen-bond acceptors (Lipinski definition) is 5. The molecule has 1 aliphatic rings. The Morgan fingerprint density at radius 2 is 1.92 bits per heavy atom. The zero-order valence-corrected chi connectivity index (χ0v) is 14.8. The zero-order valence-electron chi connectivity index (χ0n) is 13.3. The Morgan fingerprint density at radius 3 is 2.48 bits per heavy atom. The van der Waals surface area contributed by atoms with Crippen LogP contribution in [0.5, 0.6) is 5.75 Å². The van der Waals surface area contributed by atoms with Crippen molar-refractivity contribution in [2.75, 3.05) is 6.61 Å². The smallest absolute Gasteiger partial charge is 0.306 e. The molecule has 138 valence electrons. The fourth-order valence-electron chi connectivity index (χ4n) is 2.70. The van der Waals surface area contributed by atoms with Crippen LogP contribution in [0.3, 0.4) is 0 Å². The monoisotopic (exact) mass is 390 g/mol. The van der Waals surface area contributed by atoms with Gasteiger partial charge >= 0.3 is 5.97 Å². The van der Waals surface area contributed by atoms with Gasteiger partial charge in [-0.1, -0.05) is 11.6 Å². The van der Waals surface area contributed by atoms with Gasteiger partial charge in [-0.25, -0.2) is 13.1 Å². The van der Waals surface area contributed by atoms with Crippen LogP contribution in [0.15, 0.2) is 23.1 Å². The summed E-state index contributed by atoms with van der Waals surface area (Å²) in [6.07, 6.45) is 1.66. The van der Waals surface area contributed by atoms with E-state index >= 15 is 0 Å². The summed E-state index contributed by atoms with van der Waals surface area (Å²) in [6, 6.07) is 3.64. The molecule has 0 bridgehead atoms. The first-order valence-corrected chi connectivity index (χ1v) is 9.51. The first-order chi connectivity index (χ1) is 11.7. The van der Waals surface area contributed by atoms with E-state index in [4.69, 9.17) is 27.2 Å². The van der Waals surface area contributed by atoms with Crippen LogP contribution < -0.4 is 15.2 Å². The summed E-state index contributed by atoms with van der Waals surface area (Å²) >= 11 is 5.88. The van der Waals surface area contributed by atoms with Gasteiger partial charge in [0.2, 0.25) is 10.0 Å². The molecule has 8 nitrogen and oxygen atoms in total. The van der Waals surface area contributed by atoms with Crippen LogP contribution in [0.4, 0.5) is 0 Å². The molecule has 10 heteroatoms. The number of nitrogens with two attached hydrogens (primary N) is 1. The summed E-state index contributed by atoms with van der Waals surface area (Å²) in [7, 11) is -3.96. The SMILES string of the molecule is NC(=O)COc1ccc(Cl)cc1S(=O)(=O)NC1CCC(C(=O)O)CC1. The average molecular weight is 391 g/mol. The van der Waals surface area contributed by atoms with Gasteiger partial charge in [-0.3, -0.25) is 9.59 Å². The van der Waals surface area contributed by atoms with E-state index < -0.39 is 34.4 Å². The largest absolute Gasteiger partial charge is 0.482 e. The molecule has 1 fully saturated rings. The van der Waals surface area contributed by atoms with Gasteiger partial charge in [0.15, 0.2) is 6.61 Å². The van der Waals surface area contributed by atoms with E-state index in [0.717, 1.165) is 0 Å². The predicted octanol–water partition coefficient (Wildman–Crippen LogP) is 1.13. The third kappa shape index (κ3) is 5.32. The number of nitrogens with one attached hydrogen (secondary N) is 1. The van der Waals surface area contributed by atoms with Crippen molar-refractivity contribution in [1.29, 1.82) is 0 Å². The van der Waals surface area contributed by atoms with Crippen molar-refractivity contribution in [1.82, 2.24) is 4.72 Å². The highest BCUT2D eigenvalue weighted by Crippen LogP contribution is 2.30. The number of amides is 1. The van der Waals surface area contributed by atoms with Crippen molar-refractivity contribution < 1.29 is 27.9 Å². The van der Waals surface area contributed by atoms with Crippen molar-refractivity contribution in [2.24, 2.45) is 11.7 Å². The van der Waals surface area contributed by atoms with Gasteiger partial charge < -0.3 is 15.6 Å². The number of halogens is 1. The molecule has 0 aromatic heterocycles. The summed E-state index contributed by atoms with van der Waals surface area (Å²) in [5.74, 6) is -2.08. The molecule has 0 radical (unpaired) electrons. The first-order valence-electron chi connectivity index (χ1n) is 7.65. The third-order valence-corrected chi connectivity index (χ3v) is 5.74. The minimum atomic E-state index is -3.96. The van der Waals surface area contributed by atoms with Gasteiger partial charge in [0.05, 0.1) is 5.92 Å². The van der Waals surface area contributed by atoms with Crippen LogP contribution in [0.25, 0.3) is 0 Å². The molecule has 1 aromatic carbocycles. The fourth-order valence-corrected chi connectivity index (χ4v) is 4.41. The highest BCUT2D eigenvalue weighted by Gasteiger charge is 2.30. The Labute approximate surface area is 150 Å². The molecule has 25 heavy (non-hydrogen) atoms. The maximum absolute atomic E-state index is 12.7. The normalized spacial score (nSPS) is 20.8. The van der Waals surface area contributed by atoms with E-state index in [1.807, 2.05) is 0 Å². The van der Waals surface area contributed by atoms with E-state index in [2.05, 4.69) is 4.72 Å². The summed E-state index contributed by atoms with van der Waals surface area (Å²) < 4.78 is 33.0. The second kappa shape index (κ2) is 8.03. The summed E-state index contributed by atoms with van der Waals surface area (Å²) in [6.45, 7) is -0.464. The molecule has 4 N–H and O–H groups in total. The Balaban J connectivity index is 2.15. The number of carboxylic acids is 1. The Bertz CT molecular complexity index is 759. The number of primary amides is 1. The maximum Gasteiger partial charge on any atom is 0.306 e. The van der Waals surface area contributed by atoms with Crippen LogP contribution in [-0.2, 0) is 19.6 Å². The first kappa shape index (κ1) is 19.5. The second-order valence-corrected chi connectivity index (χ2v) is 7.97. The molecule has 0 spiro atoms. The Hall–Kier alpha value is -1.84. The van der Waals surface area contributed by atoms with Crippen molar-refractivity contribution in [3.05, 3.63) is 23.2 Å². The minimum absolute atomic E-state index is 0.0325. The molecular formula is C15H19ClN2O6S. The van der Waals surface area contributed by atoms with Gasteiger partial charge in [-0.2, -0.15) is 0 Å². The molecule has 1 amide bonds. The Morgan fingerprint density at radius 1 is 1.28 bits per heavy atom. The van der Waals surface area contributed by atoms with Gasteiger partial charge in [0, 0.05) is 11.1 Å². The number of carbonyl (C=O) groups excluding carboxylic acids is 1. The van der Waals surface area contributed by atoms with E-state index in [1.165, 1.54) is 18.2 Å². The molecule has 1 aliphatic carbocycles. The second-order valence-electron chi connectivity index (χ2n) is 5.85. The van der Waals surface area contributed by atoms with E-state index in [1.54, 1.807) is 0 Å².